The lowest BCUT2D eigenvalue weighted by Crippen LogP contribution is -1.98. The van der Waals surface area contributed by atoms with Gasteiger partial charge < -0.3 is 10.3 Å². The second-order valence-electron chi connectivity index (χ2n) is 4.52. The van der Waals surface area contributed by atoms with Gasteiger partial charge in [0.1, 0.15) is 11.3 Å². The number of halogens is 2. The van der Waals surface area contributed by atoms with E-state index in [9.17, 15) is 4.39 Å². The minimum Gasteiger partial charge on any atom is -0.398 e. The highest BCUT2D eigenvalue weighted by Crippen LogP contribution is 2.30. The summed E-state index contributed by atoms with van der Waals surface area (Å²) in [6.07, 6.45) is 0. The molecule has 0 bridgehead atoms. The van der Waals surface area contributed by atoms with Gasteiger partial charge in [-0.15, -0.1) is 0 Å². The third kappa shape index (κ3) is 1.98. The Bertz CT molecular complexity index is 795. The predicted molar refractivity (Wildman–Crippen MR) is 82.9 cm³/mol. The molecule has 1 heterocycles. The molecule has 2 aromatic carbocycles. The van der Waals surface area contributed by atoms with Gasteiger partial charge in [0.05, 0.1) is 5.52 Å². The predicted octanol–water partition coefficient (Wildman–Crippen LogP) is 4.21. The lowest BCUT2D eigenvalue weighted by atomic mass is 10.2. The fourth-order valence-electron chi connectivity index (χ4n) is 2.34. The van der Waals surface area contributed by atoms with Crippen molar-refractivity contribution in [3.8, 4) is 11.4 Å². The van der Waals surface area contributed by atoms with Gasteiger partial charge in [0.15, 0.2) is 5.82 Å². The van der Waals surface area contributed by atoms with Gasteiger partial charge in [-0.2, -0.15) is 0 Å². The van der Waals surface area contributed by atoms with Crippen LogP contribution in [0.4, 0.5) is 10.1 Å². The molecular weight excluding hydrogens is 321 g/mol. The topological polar surface area (TPSA) is 43.8 Å². The number of benzene rings is 2. The van der Waals surface area contributed by atoms with Crippen LogP contribution >= 0.6 is 15.9 Å². The first-order chi connectivity index (χ1) is 9.61. The van der Waals surface area contributed by atoms with E-state index in [1.165, 1.54) is 6.07 Å². The second-order valence-corrected chi connectivity index (χ2v) is 5.38. The number of nitrogens with two attached hydrogens (primary N) is 1. The molecular formula is C15H13BrFN3. The van der Waals surface area contributed by atoms with Crippen LogP contribution in [0.25, 0.3) is 22.4 Å². The summed E-state index contributed by atoms with van der Waals surface area (Å²) < 4.78 is 16.7. The third-order valence-corrected chi connectivity index (χ3v) is 4.02. The molecule has 1 aromatic heterocycles. The molecule has 3 aromatic rings. The van der Waals surface area contributed by atoms with Gasteiger partial charge >= 0.3 is 0 Å². The number of hydrogen-bond acceptors (Lipinski definition) is 2. The van der Waals surface area contributed by atoms with Gasteiger partial charge in [-0.1, -0.05) is 6.07 Å². The first kappa shape index (κ1) is 13.1. The van der Waals surface area contributed by atoms with Crippen molar-refractivity contribution in [1.29, 1.82) is 0 Å². The van der Waals surface area contributed by atoms with E-state index in [1.54, 1.807) is 6.07 Å². The SMILES string of the molecule is CCn1c(-c2ccc(Br)c(N)c2)nc2c(F)cccc21. The summed E-state index contributed by atoms with van der Waals surface area (Å²) in [7, 11) is 0. The lowest BCUT2D eigenvalue weighted by molar-refractivity contribution is 0.637. The van der Waals surface area contributed by atoms with E-state index < -0.39 is 0 Å². The number of hydrogen-bond donors (Lipinski definition) is 1. The maximum Gasteiger partial charge on any atom is 0.151 e. The van der Waals surface area contributed by atoms with Crippen molar-refractivity contribution < 1.29 is 4.39 Å². The molecule has 0 amide bonds. The highest BCUT2D eigenvalue weighted by molar-refractivity contribution is 9.10. The molecule has 0 fully saturated rings. The van der Waals surface area contributed by atoms with E-state index in [4.69, 9.17) is 5.73 Å². The highest BCUT2D eigenvalue weighted by Gasteiger charge is 2.14. The zero-order valence-electron chi connectivity index (χ0n) is 10.9. The molecule has 0 aliphatic heterocycles. The van der Waals surface area contributed by atoms with Crippen LogP contribution in [-0.4, -0.2) is 9.55 Å². The largest absolute Gasteiger partial charge is 0.398 e. The molecule has 0 atom stereocenters. The van der Waals surface area contributed by atoms with Gasteiger partial charge in [0.25, 0.3) is 0 Å². The van der Waals surface area contributed by atoms with Gasteiger partial charge in [-0.3, -0.25) is 0 Å². The molecule has 0 saturated carbocycles. The van der Waals surface area contributed by atoms with Crippen LogP contribution in [0.3, 0.4) is 0 Å². The van der Waals surface area contributed by atoms with Crippen molar-refractivity contribution in [2.24, 2.45) is 0 Å². The maximum absolute atomic E-state index is 13.9. The number of para-hydroxylation sites is 1. The first-order valence-corrected chi connectivity index (χ1v) is 7.11. The van der Waals surface area contributed by atoms with E-state index in [-0.39, 0.29) is 5.82 Å². The summed E-state index contributed by atoms with van der Waals surface area (Å²) in [5.41, 5.74) is 8.62. The molecule has 2 N–H and O–H groups in total. The van der Waals surface area contributed by atoms with E-state index in [2.05, 4.69) is 20.9 Å². The van der Waals surface area contributed by atoms with Crippen molar-refractivity contribution in [3.05, 3.63) is 46.7 Å². The fourth-order valence-corrected chi connectivity index (χ4v) is 2.58. The Labute approximate surface area is 124 Å². The Kier molecular flexibility index (Phi) is 3.22. The summed E-state index contributed by atoms with van der Waals surface area (Å²) in [6, 6.07) is 10.6. The smallest absolute Gasteiger partial charge is 0.151 e. The average molecular weight is 334 g/mol. The van der Waals surface area contributed by atoms with Crippen LogP contribution in [0.1, 0.15) is 6.92 Å². The van der Waals surface area contributed by atoms with E-state index >= 15 is 0 Å². The molecule has 0 unspecified atom stereocenters. The third-order valence-electron chi connectivity index (χ3n) is 3.30. The maximum atomic E-state index is 13.9. The van der Waals surface area contributed by atoms with Crippen LogP contribution in [-0.2, 0) is 6.54 Å². The molecule has 3 nitrogen and oxygen atoms in total. The summed E-state index contributed by atoms with van der Waals surface area (Å²) >= 11 is 3.37. The van der Waals surface area contributed by atoms with Crippen LogP contribution in [0.5, 0.6) is 0 Å². The van der Waals surface area contributed by atoms with Crippen LogP contribution in [0, 0.1) is 5.82 Å². The Morgan fingerprint density at radius 3 is 2.80 bits per heavy atom. The number of nitrogen functional groups attached to an aromatic ring is 1. The number of fused-ring (bicyclic) bond motifs is 1. The van der Waals surface area contributed by atoms with Crippen molar-refractivity contribution >= 4 is 32.7 Å². The lowest BCUT2D eigenvalue weighted by Gasteiger charge is -2.07. The zero-order chi connectivity index (χ0) is 14.3. The Balaban J connectivity index is 2.30. The molecule has 0 spiro atoms. The van der Waals surface area contributed by atoms with E-state index in [0.717, 1.165) is 21.4 Å². The number of rotatable bonds is 2. The molecule has 0 saturated heterocycles. The fraction of sp³-hybridized carbons (Fsp3) is 0.133. The summed E-state index contributed by atoms with van der Waals surface area (Å²) in [5, 5.41) is 0. The number of anilines is 1. The molecule has 5 heteroatoms. The number of aryl methyl sites for hydroxylation is 1. The van der Waals surface area contributed by atoms with Gasteiger partial charge in [0.2, 0.25) is 0 Å². The Morgan fingerprint density at radius 2 is 2.10 bits per heavy atom. The van der Waals surface area contributed by atoms with Crippen molar-refractivity contribution in [3.63, 3.8) is 0 Å². The van der Waals surface area contributed by atoms with Gasteiger partial charge in [0, 0.05) is 22.3 Å². The van der Waals surface area contributed by atoms with E-state index in [0.29, 0.717) is 17.7 Å². The standard InChI is InChI=1S/C15H13BrFN3/c1-2-20-13-5-3-4-11(17)14(13)19-15(20)9-6-7-10(16)12(18)8-9/h3-8H,2,18H2,1H3. The molecule has 0 aliphatic carbocycles. The molecule has 102 valence electrons. The quantitative estimate of drug-likeness (QED) is 0.714. The van der Waals surface area contributed by atoms with Crippen LogP contribution < -0.4 is 5.73 Å². The first-order valence-electron chi connectivity index (χ1n) is 6.32. The zero-order valence-corrected chi connectivity index (χ0v) is 12.5. The van der Waals surface area contributed by atoms with Crippen LogP contribution in [0.2, 0.25) is 0 Å². The van der Waals surface area contributed by atoms with Gasteiger partial charge in [-0.05, 0) is 53.2 Å². The highest BCUT2D eigenvalue weighted by atomic mass is 79.9. The van der Waals surface area contributed by atoms with Gasteiger partial charge in [-0.25, -0.2) is 9.37 Å². The number of imidazole rings is 1. The molecule has 3 rings (SSSR count). The minimum absolute atomic E-state index is 0.305. The second kappa shape index (κ2) is 4.90. The molecule has 0 radical (unpaired) electrons. The van der Waals surface area contributed by atoms with Crippen LogP contribution in [0.15, 0.2) is 40.9 Å². The van der Waals surface area contributed by atoms with E-state index in [1.807, 2.05) is 35.8 Å². The number of nitrogens with zero attached hydrogens (tertiary/aromatic N) is 2. The summed E-state index contributed by atoms with van der Waals surface area (Å²) in [5.74, 6) is 0.424. The molecule has 0 aliphatic rings. The molecule has 20 heavy (non-hydrogen) atoms. The number of aromatic nitrogens is 2. The Morgan fingerprint density at radius 1 is 1.30 bits per heavy atom. The average Bonchev–Trinajstić information content (AvgIpc) is 2.82. The normalized spacial score (nSPS) is 11.2. The van der Waals surface area contributed by atoms with Crippen molar-refractivity contribution in [1.82, 2.24) is 9.55 Å². The Hall–Kier alpha value is -1.88. The van der Waals surface area contributed by atoms with Crippen molar-refractivity contribution in [2.45, 2.75) is 13.5 Å². The summed E-state index contributed by atoms with van der Waals surface area (Å²) in [6.45, 7) is 2.73. The van der Waals surface area contributed by atoms with Crippen molar-refractivity contribution in [2.75, 3.05) is 5.73 Å². The minimum atomic E-state index is -0.305. The monoisotopic (exact) mass is 333 g/mol. The summed E-state index contributed by atoms with van der Waals surface area (Å²) in [4.78, 5) is 4.44.